The molecule has 3 rings (SSSR count). The molecule has 2 aromatic rings. The molecule has 0 aliphatic carbocycles. The number of Topliss-reactive ketones (excluding diaryl/α,β-unsaturated/α-hetero) is 1. The number of carboxylic acid groups (broad SMARTS) is 1. The zero-order valence-electron chi connectivity index (χ0n) is 41.5. The van der Waals surface area contributed by atoms with Crippen molar-refractivity contribution in [1.82, 2.24) is 25.0 Å². The first-order valence-corrected chi connectivity index (χ1v) is 24.7. The van der Waals surface area contributed by atoms with E-state index in [0.29, 0.717) is 50.1 Å². The van der Waals surface area contributed by atoms with Gasteiger partial charge in [-0.25, -0.2) is 4.98 Å². The highest BCUT2D eigenvalue weighted by atomic mass is 32.1. The summed E-state index contributed by atoms with van der Waals surface area (Å²) in [5.74, 6) is -4.54. The molecule has 0 bridgehead atoms. The van der Waals surface area contributed by atoms with Gasteiger partial charge in [0.2, 0.25) is 11.8 Å². The van der Waals surface area contributed by atoms with Gasteiger partial charge in [-0.05, 0) is 69.3 Å². The van der Waals surface area contributed by atoms with Crippen molar-refractivity contribution in [2.45, 2.75) is 158 Å². The quantitative estimate of drug-likeness (QED) is 0.0457. The summed E-state index contributed by atoms with van der Waals surface area (Å²) in [6.45, 7) is 18.8. The molecule has 1 aromatic carbocycles. The predicted molar refractivity (Wildman–Crippen MR) is 258 cm³/mol. The maximum absolute atomic E-state index is 15.0. The number of hydrogen-bond donors (Lipinski definition) is 2. The van der Waals surface area contributed by atoms with Crippen LogP contribution < -0.4 is 5.32 Å². The van der Waals surface area contributed by atoms with E-state index in [1.807, 2.05) is 83.7 Å². The Morgan fingerprint density at radius 2 is 1.57 bits per heavy atom. The number of carboxylic acids is 1. The number of rotatable bonds is 29. The number of unbranched alkanes of at least 4 members (excludes halogenated alkanes) is 2. The predicted octanol–water partition coefficient (Wildman–Crippen LogP) is 7.83. The number of aromatic nitrogens is 1. The van der Waals surface area contributed by atoms with Crippen LogP contribution in [0.5, 0.6) is 0 Å². The molecule has 0 spiro atoms. The van der Waals surface area contributed by atoms with Crippen LogP contribution in [0.15, 0.2) is 47.9 Å². The van der Waals surface area contributed by atoms with E-state index in [4.69, 9.17) is 4.74 Å². The molecule has 6 atom stereocenters. The Balaban J connectivity index is 1.83. The van der Waals surface area contributed by atoms with Crippen molar-refractivity contribution in [1.29, 1.82) is 0 Å². The van der Waals surface area contributed by atoms with Crippen LogP contribution >= 0.6 is 11.3 Å². The van der Waals surface area contributed by atoms with Crippen LogP contribution in [0, 0.1) is 29.1 Å². The lowest BCUT2D eigenvalue weighted by Crippen LogP contribution is -2.50. The second-order valence-corrected chi connectivity index (χ2v) is 20.2. The first-order chi connectivity index (χ1) is 31.5. The van der Waals surface area contributed by atoms with Crippen molar-refractivity contribution in [3.05, 3.63) is 64.1 Å². The third-order valence-electron chi connectivity index (χ3n) is 12.7. The Bertz CT molecular complexity index is 2030. The average molecular weight is 950 g/mol. The molecular formula is C51H75N5O10S. The fourth-order valence-corrected chi connectivity index (χ4v) is 9.58. The number of imide groups is 1. The van der Waals surface area contributed by atoms with Crippen LogP contribution in [-0.4, -0.2) is 110 Å². The number of thiazole rings is 1. The Labute approximate surface area is 401 Å². The van der Waals surface area contributed by atoms with Gasteiger partial charge in [0.15, 0.2) is 11.9 Å². The van der Waals surface area contributed by atoms with Gasteiger partial charge in [-0.3, -0.25) is 43.3 Å². The fraction of sp³-hybridized carbons (Fsp3) is 0.627. The van der Waals surface area contributed by atoms with Gasteiger partial charge < -0.3 is 25.0 Å². The highest BCUT2D eigenvalue weighted by Crippen LogP contribution is 2.34. The van der Waals surface area contributed by atoms with Crippen molar-refractivity contribution in [2.24, 2.45) is 29.1 Å². The van der Waals surface area contributed by atoms with E-state index in [9.17, 15) is 43.5 Å². The monoisotopic (exact) mass is 950 g/mol. The molecule has 0 fully saturated rings. The van der Waals surface area contributed by atoms with E-state index >= 15 is 0 Å². The van der Waals surface area contributed by atoms with Gasteiger partial charge in [0, 0.05) is 81.9 Å². The van der Waals surface area contributed by atoms with Gasteiger partial charge in [0.05, 0.1) is 11.5 Å². The minimum absolute atomic E-state index is 0.0709. The number of benzene rings is 1. The average Bonchev–Trinajstić information content (AvgIpc) is 3.88. The minimum Gasteiger partial charge on any atom is -0.481 e. The van der Waals surface area contributed by atoms with E-state index in [-0.39, 0.29) is 85.1 Å². The van der Waals surface area contributed by atoms with Gasteiger partial charge >= 0.3 is 11.9 Å². The summed E-state index contributed by atoms with van der Waals surface area (Å²) in [5, 5.41) is 14.8. The Hall–Kier alpha value is -5.25. The Kier molecular flexibility index (Phi) is 22.0. The zero-order valence-corrected chi connectivity index (χ0v) is 42.4. The molecule has 0 saturated heterocycles. The standard InChI is InChI=1S/C51H75N5O10S/c1-12-25-55(49(63)38(34(7)13-2)28-41(58)46(33(5)6)54(11)43(59)22-18-15-19-26-56-44(60)23-24-45(56)61)40(32(3)4)29-42(66-35(8)57)48-53-39(31-67-48)47(62)52-37(30-51(9,10)50(64)65)27-36-20-16-14-17-21-36/h14,16-17,20-21,23-24,31-34,37-38,40,42,46H,12-13,15,18-19,22,25-30H2,1-11H3,(H,52,62)(H,64,65)/t34-,37-,38-,40+,42+,46+/m0/s1. The van der Waals surface area contributed by atoms with Gasteiger partial charge in [-0.1, -0.05) is 91.6 Å². The van der Waals surface area contributed by atoms with Gasteiger partial charge in [0.25, 0.3) is 17.7 Å². The number of carbonyl (C=O) groups excluding carboxylic acids is 7. The molecule has 15 nitrogen and oxygen atoms in total. The van der Waals surface area contributed by atoms with E-state index in [1.165, 1.54) is 28.9 Å². The van der Waals surface area contributed by atoms with Gasteiger partial charge in [-0.2, -0.15) is 0 Å². The van der Waals surface area contributed by atoms with Gasteiger partial charge in [0.1, 0.15) is 10.7 Å². The van der Waals surface area contributed by atoms with Crippen molar-refractivity contribution >= 4 is 58.6 Å². The smallest absolute Gasteiger partial charge is 0.309 e. The van der Waals surface area contributed by atoms with Gasteiger partial charge in [-0.15, -0.1) is 11.3 Å². The van der Waals surface area contributed by atoms with Crippen molar-refractivity contribution in [2.75, 3.05) is 20.1 Å². The first kappa shape index (κ1) is 56.1. The number of amides is 5. The molecule has 0 unspecified atom stereocenters. The molecular weight excluding hydrogens is 875 g/mol. The number of carbonyl (C=O) groups is 8. The van der Waals surface area contributed by atoms with E-state index in [0.717, 1.165) is 16.9 Å². The third kappa shape index (κ3) is 16.5. The molecule has 0 saturated carbocycles. The van der Waals surface area contributed by atoms with Crippen molar-refractivity contribution < 1.29 is 48.2 Å². The maximum Gasteiger partial charge on any atom is 0.309 e. The molecule has 2 N–H and O–H groups in total. The molecule has 16 heteroatoms. The Morgan fingerprint density at radius 3 is 2.12 bits per heavy atom. The van der Waals surface area contributed by atoms with E-state index in [1.54, 1.807) is 26.3 Å². The second-order valence-electron chi connectivity index (χ2n) is 19.3. The lowest BCUT2D eigenvalue weighted by Gasteiger charge is -2.39. The number of ketones is 1. The summed E-state index contributed by atoms with van der Waals surface area (Å²) in [4.78, 5) is 114. The number of aliphatic carboxylic acids is 1. The second kappa shape index (κ2) is 26.3. The summed E-state index contributed by atoms with van der Waals surface area (Å²) in [6, 6.07) is 7.73. The number of hydrogen-bond acceptors (Lipinski definition) is 11. The van der Waals surface area contributed by atoms with E-state index in [2.05, 4.69) is 10.3 Å². The molecule has 1 aliphatic rings. The van der Waals surface area contributed by atoms with Crippen molar-refractivity contribution in [3.8, 4) is 0 Å². The molecule has 1 aromatic heterocycles. The highest BCUT2D eigenvalue weighted by Gasteiger charge is 2.40. The molecule has 1 aliphatic heterocycles. The normalized spacial score (nSPS) is 15.5. The largest absolute Gasteiger partial charge is 0.481 e. The van der Waals surface area contributed by atoms with Crippen LogP contribution in [0.2, 0.25) is 0 Å². The SMILES string of the molecule is CCCN(C(=O)[C@@H](CC(=O)[C@@H](C(C)C)N(C)C(=O)CCCCCN1C(=O)C=CC1=O)[C@@H](C)CC)[C@H](C[C@@H](OC(C)=O)c1nc(C(=O)N[C@@H](Cc2ccccc2)CC(C)(C)C(=O)O)cs1)C(C)C. The van der Waals surface area contributed by atoms with Crippen LogP contribution in [0.4, 0.5) is 0 Å². The summed E-state index contributed by atoms with van der Waals surface area (Å²) in [5.41, 5.74) is -0.0966. The first-order valence-electron chi connectivity index (χ1n) is 23.9. The molecule has 2 heterocycles. The van der Waals surface area contributed by atoms with Crippen LogP contribution in [0.25, 0.3) is 0 Å². The number of ether oxygens (including phenoxy) is 1. The summed E-state index contributed by atoms with van der Waals surface area (Å²) < 4.78 is 5.89. The minimum atomic E-state index is -1.12. The van der Waals surface area contributed by atoms with Crippen LogP contribution in [0.3, 0.4) is 0 Å². The lowest BCUT2D eigenvalue weighted by atomic mass is 9.82. The number of esters is 1. The summed E-state index contributed by atoms with van der Waals surface area (Å²) >= 11 is 1.16. The molecule has 67 heavy (non-hydrogen) atoms. The molecule has 5 amide bonds. The third-order valence-corrected chi connectivity index (χ3v) is 13.7. The van der Waals surface area contributed by atoms with E-state index < -0.39 is 53.4 Å². The molecule has 370 valence electrons. The number of nitrogens with zero attached hydrogens (tertiary/aromatic N) is 4. The highest BCUT2D eigenvalue weighted by molar-refractivity contribution is 7.09. The van der Waals surface area contributed by atoms with Crippen molar-refractivity contribution in [3.63, 3.8) is 0 Å². The number of nitrogens with one attached hydrogen (secondary N) is 1. The number of likely N-dealkylation sites (N-methyl/N-ethyl adjacent to an activating group) is 1. The fourth-order valence-electron chi connectivity index (χ4n) is 8.74. The lowest BCUT2D eigenvalue weighted by molar-refractivity contribution is -0.150. The van der Waals surface area contributed by atoms with Crippen LogP contribution in [0.1, 0.15) is 154 Å². The summed E-state index contributed by atoms with van der Waals surface area (Å²) in [6.07, 6.45) is 5.39. The molecule has 0 radical (unpaired) electrons. The van der Waals surface area contributed by atoms with Crippen LogP contribution in [-0.2, 0) is 44.7 Å². The topological polar surface area (TPSA) is 201 Å². The maximum atomic E-state index is 15.0. The zero-order chi connectivity index (χ0) is 50.2. The summed E-state index contributed by atoms with van der Waals surface area (Å²) in [7, 11) is 1.63. The Morgan fingerprint density at radius 1 is 0.925 bits per heavy atom.